The number of carbonyl (C=O) groups is 2. The van der Waals surface area contributed by atoms with Crippen LogP contribution in [0.5, 0.6) is 0 Å². The number of hydrogen-bond donors (Lipinski definition) is 1. The highest BCUT2D eigenvalue weighted by Gasteiger charge is 2.53. The second-order valence-electron chi connectivity index (χ2n) is 8.52. The second kappa shape index (κ2) is 8.62. The van der Waals surface area contributed by atoms with Crippen LogP contribution in [0.3, 0.4) is 0 Å². The largest absolute Gasteiger partial charge is 0.376 e. The number of nitrogens with one attached hydrogen (secondary N) is 1. The summed E-state index contributed by atoms with van der Waals surface area (Å²) in [6, 6.07) is 6.25. The van der Waals surface area contributed by atoms with Gasteiger partial charge < -0.3 is 14.8 Å². The molecule has 7 heteroatoms. The van der Waals surface area contributed by atoms with Crippen LogP contribution < -0.4 is 5.32 Å². The summed E-state index contributed by atoms with van der Waals surface area (Å²) in [6.45, 7) is 3.65. The number of nitrogens with zero attached hydrogens (tertiary/aromatic N) is 1. The second-order valence-corrected chi connectivity index (χ2v) is 8.96. The van der Waals surface area contributed by atoms with Crippen molar-refractivity contribution in [1.29, 1.82) is 0 Å². The first-order chi connectivity index (χ1) is 14.0. The van der Waals surface area contributed by atoms with Crippen molar-refractivity contribution in [3.05, 3.63) is 34.9 Å². The molecular weight excluding hydrogens is 392 g/mol. The normalized spacial score (nSPS) is 31.9. The lowest BCUT2D eigenvalue weighted by molar-refractivity contribution is -0.128. The quantitative estimate of drug-likeness (QED) is 0.810. The maximum absolute atomic E-state index is 13.5. The van der Waals surface area contributed by atoms with Gasteiger partial charge in [0, 0.05) is 23.7 Å². The molecule has 1 spiro atoms. The Morgan fingerprint density at radius 3 is 2.76 bits per heavy atom. The molecule has 1 N–H and O–H groups in total. The third kappa shape index (κ3) is 4.30. The molecule has 2 amide bonds. The Morgan fingerprint density at radius 2 is 2.07 bits per heavy atom. The van der Waals surface area contributed by atoms with Crippen LogP contribution in [0.2, 0.25) is 5.02 Å². The molecule has 6 nitrogen and oxygen atoms in total. The monoisotopic (exact) mass is 420 g/mol. The summed E-state index contributed by atoms with van der Waals surface area (Å²) >= 11 is 6.12. The Morgan fingerprint density at radius 1 is 1.28 bits per heavy atom. The zero-order chi connectivity index (χ0) is 20.4. The molecule has 2 saturated heterocycles. The molecular formula is C22H29ClN2O4. The number of halogens is 1. The number of amides is 2. The van der Waals surface area contributed by atoms with E-state index in [4.69, 9.17) is 21.1 Å². The molecule has 0 aromatic heterocycles. The van der Waals surface area contributed by atoms with Crippen molar-refractivity contribution < 1.29 is 19.1 Å². The maximum atomic E-state index is 13.5. The van der Waals surface area contributed by atoms with Crippen molar-refractivity contribution in [2.45, 2.75) is 63.3 Å². The van der Waals surface area contributed by atoms with Gasteiger partial charge in [0.2, 0.25) is 5.91 Å². The van der Waals surface area contributed by atoms with E-state index in [1.807, 2.05) is 0 Å². The van der Waals surface area contributed by atoms with Crippen molar-refractivity contribution in [3.8, 4) is 0 Å². The molecule has 0 bridgehead atoms. The van der Waals surface area contributed by atoms with Crippen LogP contribution in [-0.2, 0) is 14.3 Å². The van der Waals surface area contributed by atoms with E-state index in [0.717, 1.165) is 45.1 Å². The molecule has 3 aliphatic rings. The van der Waals surface area contributed by atoms with Crippen molar-refractivity contribution in [1.82, 2.24) is 10.2 Å². The molecule has 158 valence electrons. The molecule has 4 rings (SSSR count). The minimum Gasteiger partial charge on any atom is -0.376 e. The molecule has 1 aromatic rings. The number of ether oxygens (including phenoxy) is 2. The summed E-state index contributed by atoms with van der Waals surface area (Å²) in [5, 5.41) is 3.48. The number of carbonyl (C=O) groups excluding carboxylic acids is 2. The molecule has 3 fully saturated rings. The van der Waals surface area contributed by atoms with E-state index < -0.39 is 11.8 Å². The molecule has 1 saturated carbocycles. The number of hydrogen-bond acceptors (Lipinski definition) is 4. The standard InChI is InChI=1S/C22H29ClN2O4/c1-15-7-9-22(10-8-15)25(21(27)16-4-2-5-17(23)12-16)19(14-29-22)20(26)24-13-18-6-3-11-28-18/h2,4-5,12,15,18-19H,3,6-11,13-14H2,1H3,(H,24,26)/t15?,18-,19+,22?/m0/s1. The van der Waals surface area contributed by atoms with Gasteiger partial charge in [-0.3, -0.25) is 14.5 Å². The summed E-state index contributed by atoms with van der Waals surface area (Å²) in [4.78, 5) is 28.2. The lowest BCUT2D eigenvalue weighted by Gasteiger charge is -2.43. The molecule has 0 unspecified atom stereocenters. The van der Waals surface area contributed by atoms with E-state index in [2.05, 4.69) is 12.2 Å². The summed E-state index contributed by atoms with van der Waals surface area (Å²) in [6.07, 6.45) is 5.48. The predicted molar refractivity (Wildman–Crippen MR) is 110 cm³/mol. The van der Waals surface area contributed by atoms with Gasteiger partial charge in [0.25, 0.3) is 5.91 Å². The van der Waals surface area contributed by atoms with E-state index >= 15 is 0 Å². The fraction of sp³-hybridized carbons (Fsp3) is 0.636. The molecule has 2 aliphatic heterocycles. The van der Waals surface area contributed by atoms with Crippen molar-refractivity contribution >= 4 is 23.4 Å². The summed E-state index contributed by atoms with van der Waals surface area (Å²) in [5.41, 5.74) is -0.226. The first kappa shape index (κ1) is 20.6. The van der Waals surface area contributed by atoms with Crippen molar-refractivity contribution in [2.75, 3.05) is 19.8 Å². The molecule has 2 atom stereocenters. The third-order valence-corrected chi connectivity index (χ3v) is 6.67. The molecule has 0 radical (unpaired) electrons. The van der Waals surface area contributed by atoms with Crippen LogP contribution >= 0.6 is 11.6 Å². The molecule has 29 heavy (non-hydrogen) atoms. The van der Waals surface area contributed by atoms with Gasteiger partial charge in [-0.05, 0) is 62.6 Å². The highest BCUT2D eigenvalue weighted by atomic mass is 35.5. The Bertz CT molecular complexity index is 757. The zero-order valence-corrected chi connectivity index (χ0v) is 17.6. The van der Waals surface area contributed by atoms with Gasteiger partial charge in [-0.25, -0.2) is 0 Å². The van der Waals surface area contributed by atoms with E-state index in [1.54, 1.807) is 29.2 Å². The smallest absolute Gasteiger partial charge is 0.256 e. The van der Waals surface area contributed by atoms with E-state index in [0.29, 0.717) is 23.0 Å². The zero-order valence-electron chi connectivity index (χ0n) is 16.9. The first-order valence-electron chi connectivity index (χ1n) is 10.6. The van der Waals surface area contributed by atoms with Gasteiger partial charge in [-0.2, -0.15) is 0 Å². The number of rotatable bonds is 4. The highest BCUT2D eigenvalue weighted by Crippen LogP contribution is 2.43. The average molecular weight is 421 g/mol. The van der Waals surface area contributed by atoms with Gasteiger partial charge in [0.15, 0.2) is 0 Å². The first-order valence-corrected chi connectivity index (χ1v) is 11.0. The van der Waals surface area contributed by atoms with Gasteiger partial charge in [-0.1, -0.05) is 24.6 Å². The Kier molecular flexibility index (Phi) is 6.13. The Balaban J connectivity index is 1.56. The maximum Gasteiger partial charge on any atom is 0.256 e. The van der Waals surface area contributed by atoms with Gasteiger partial charge in [0.1, 0.15) is 11.8 Å². The Labute approximate surface area is 176 Å². The van der Waals surface area contributed by atoms with Gasteiger partial charge in [0.05, 0.1) is 12.7 Å². The van der Waals surface area contributed by atoms with Gasteiger partial charge >= 0.3 is 0 Å². The highest BCUT2D eigenvalue weighted by molar-refractivity contribution is 6.31. The summed E-state index contributed by atoms with van der Waals surface area (Å²) in [5.74, 6) is 0.225. The fourth-order valence-corrected chi connectivity index (χ4v) is 4.87. The summed E-state index contributed by atoms with van der Waals surface area (Å²) in [7, 11) is 0. The predicted octanol–water partition coefficient (Wildman–Crippen LogP) is 3.38. The van der Waals surface area contributed by atoms with Crippen LogP contribution in [0.4, 0.5) is 0 Å². The minimum absolute atomic E-state index is 0.0582. The molecule has 1 aromatic carbocycles. The van der Waals surface area contributed by atoms with Crippen LogP contribution in [0, 0.1) is 5.92 Å². The van der Waals surface area contributed by atoms with E-state index in [9.17, 15) is 9.59 Å². The fourth-order valence-electron chi connectivity index (χ4n) is 4.68. The van der Waals surface area contributed by atoms with E-state index in [1.165, 1.54) is 0 Å². The van der Waals surface area contributed by atoms with Crippen LogP contribution in [-0.4, -0.2) is 54.3 Å². The van der Waals surface area contributed by atoms with Crippen molar-refractivity contribution in [3.63, 3.8) is 0 Å². The lowest BCUT2D eigenvalue weighted by atomic mass is 9.83. The Hall–Kier alpha value is -1.63. The van der Waals surface area contributed by atoms with E-state index in [-0.39, 0.29) is 24.5 Å². The van der Waals surface area contributed by atoms with Gasteiger partial charge in [-0.15, -0.1) is 0 Å². The SMILES string of the molecule is CC1CCC2(CC1)OC[C@H](C(=O)NC[C@@H]1CCCO1)N2C(=O)c1cccc(Cl)c1. The molecule has 2 heterocycles. The average Bonchev–Trinajstić information content (AvgIpc) is 3.36. The summed E-state index contributed by atoms with van der Waals surface area (Å²) < 4.78 is 11.8. The molecule has 1 aliphatic carbocycles. The van der Waals surface area contributed by atoms with Crippen molar-refractivity contribution in [2.24, 2.45) is 5.92 Å². The van der Waals surface area contributed by atoms with Crippen LogP contribution in [0.25, 0.3) is 0 Å². The van der Waals surface area contributed by atoms with Crippen LogP contribution in [0.15, 0.2) is 24.3 Å². The minimum atomic E-state index is -0.711. The third-order valence-electron chi connectivity index (χ3n) is 6.44. The van der Waals surface area contributed by atoms with Crippen LogP contribution in [0.1, 0.15) is 55.8 Å². The lowest BCUT2D eigenvalue weighted by Crippen LogP contribution is -2.57. The topological polar surface area (TPSA) is 67.9 Å². The number of benzene rings is 1.